The first kappa shape index (κ1) is 18.5. The van der Waals surface area contributed by atoms with E-state index in [1.165, 1.54) is 13.8 Å². The summed E-state index contributed by atoms with van der Waals surface area (Å²) in [5, 5.41) is 0.686. The molecular formula is C17H24O6Si. The summed E-state index contributed by atoms with van der Waals surface area (Å²) in [6, 6.07) is 5.40. The zero-order chi connectivity index (χ0) is 18.1. The van der Waals surface area contributed by atoms with Gasteiger partial charge in [-0.25, -0.2) is 0 Å². The number of benzene rings is 1. The van der Waals surface area contributed by atoms with Gasteiger partial charge in [0.15, 0.2) is 0 Å². The van der Waals surface area contributed by atoms with Crippen molar-refractivity contribution >= 4 is 26.4 Å². The summed E-state index contributed by atoms with van der Waals surface area (Å²) in [6.07, 6.45) is 0. The van der Waals surface area contributed by atoms with Crippen LogP contribution in [0, 0.1) is 5.41 Å². The molecule has 0 aliphatic carbocycles. The quantitative estimate of drug-likeness (QED) is 0.774. The molecule has 6 nitrogen and oxygen atoms in total. The van der Waals surface area contributed by atoms with E-state index in [0.29, 0.717) is 11.8 Å². The monoisotopic (exact) mass is 352 g/mol. The van der Waals surface area contributed by atoms with Gasteiger partial charge in [0, 0.05) is 36.9 Å². The number of ether oxygens (including phenoxy) is 2. The SMILES string of the molecule is CC(=O)O[SiH](OC(C)=O)c1ccc2c(c1)COC(C)(C(C)(C)C)O2. The molecule has 1 aromatic carbocycles. The smallest absolute Gasteiger partial charge is 0.483 e. The van der Waals surface area contributed by atoms with Gasteiger partial charge in [-0.2, -0.15) is 0 Å². The Morgan fingerprint density at radius 3 is 2.25 bits per heavy atom. The molecule has 0 radical (unpaired) electrons. The number of carbonyl (C=O) groups excluding carboxylic acids is 2. The molecule has 7 heteroatoms. The van der Waals surface area contributed by atoms with Crippen LogP contribution < -0.4 is 9.92 Å². The minimum Gasteiger partial charge on any atom is -0.484 e. The van der Waals surface area contributed by atoms with Crippen molar-refractivity contribution in [2.75, 3.05) is 0 Å². The number of rotatable bonds is 3. The van der Waals surface area contributed by atoms with E-state index in [2.05, 4.69) is 20.8 Å². The highest BCUT2D eigenvalue weighted by Gasteiger charge is 2.44. The molecule has 0 aromatic heterocycles. The van der Waals surface area contributed by atoms with E-state index in [4.69, 9.17) is 18.3 Å². The summed E-state index contributed by atoms with van der Waals surface area (Å²) in [5.74, 6) is -0.956. The highest BCUT2D eigenvalue weighted by molar-refractivity contribution is 6.64. The van der Waals surface area contributed by atoms with Crippen molar-refractivity contribution in [3.8, 4) is 5.75 Å². The van der Waals surface area contributed by atoms with Crippen molar-refractivity contribution in [2.45, 2.75) is 53.9 Å². The molecule has 0 spiro atoms. The standard InChI is InChI=1S/C17H24O6Si/c1-11(18)22-24(23-12(2)19)14-7-8-15-13(9-14)10-20-17(6,21-15)16(3,4)5/h7-9,24H,10H2,1-6H3. The second-order valence-corrected chi connectivity index (χ2v) is 8.81. The van der Waals surface area contributed by atoms with Crippen molar-refractivity contribution in [3.63, 3.8) is 0 Å². The normalized spacial score (nSPS) is 20.1. The van der Waals surface area contributed by atoms with Crippen LogP contribution in [0.3, 0.4) is 0 Å². The number of hydrogen-bond donors (Lipinski definition) is 0. The molecule has 132 valence electrons. The van der Waals surface area contributed by atoms with Gasteiger partial charge in [0.05, 0.1) is 6.61 Å². The van der Waals surface area contributed by atoms with E-state index in [1.807, 2.05) is 19.1 Å². The molecule has 1 aliphatic rings. The van der Waals surface area contributed by atoms with Gasteiger partial charge in [-0.3, -0.25) is 9.59 Å². The second-order valence-electron chi connectivity index (χ2n) is 7.00. The fourth-order valence-corrected chi connectivity index (χ4v) is 3.76. The topological polar surface area (TPSA) is 71.1 Å². The van der Waals surface area contributed by atoms with Gasteiger partial charge in [0.2, 0.25) is 5.79 Å². The van der Waals surface area contributed by atoms with E-state index in [9.17, 15) is 9.59 Å². The molecule has 0 bridgehead atoms. The van der Waals surface area contributed by atoms with Crippen molar-refractivity contribution in [2.24, 2.45) is 5.41 Å². The average molecular weight is 352 g/mol. The molecular weight excluding hydrogens is 328 g/mol. The Labute approximate surface area is 143 Å². The van der Waals surface area contributed by atoms with Crippen LogP contribution in [0.4, 0.5) is 0 Å². The molecule has 0 saturated heterocycles. The molecule has 0 amide bonds. The van der Waals surface area contributed by atoms with Crippen LogP contribution in [0.2, 0.25) is 0 Å². The first-order chi connectivity index (χ1) is 11.0. The predicted octanol–water partition coefficient (Wildman–Crippen LogP) is 1.91. The second kappa shape index (κ2) is 6.56. The van der Waals surface area contributed by atoms with Gasteiger partial charge in [0.25, 0.3) is 11.9 Å². The molecule has 0 N–H and O–H groups in total. The Bertz CT molecular complexity index is 635. The van der Waals surface area contributed by atoms with Crippen LogP contribution in [0.25, 0.3) is 0 Å². The van der Waals surface area contributed by atoms with Crippen LogP contribution in [-0.4, -0.2) is 27.0 Å². The van der Waals surface area contributed by atoms with E-state index in [0.717, 1.165) is 11.3 Å². The lowest BCUT2D eigenvalue weighted by atomic mass is 9.86. The molecule has 2 rings (SSSR count). The summed E-state index contributed by atoms with van der Waals surface area (Å²) in [4.78, 5) is 22.5. The lowest BCUT2D eigenvalue weighted by molar-refractivity contribution is -0.249. The van der Waals surface area contributed by atoms with Crippen molar-refractivity contribution in [1.29, 1.82) is 0 Å². The van der Waals surface area contributed by atoms with Crippen LogP contribution in [0.1, 0.15) is 47.1 Å². The van der Waals surface area contributed by atoms with Crippen LogP contribution in [0.15, 0.2) is 18.2 Å². The van der Waals surface area contributed by atoms with Gasteiger partial charge in [-0.1, -0.05) is 26.8 Å². The Morgan fingerprint density at radius 2 is 1.75 bits per heavy atom. The predicted molar refractivity (Wildman–Crippen MR) is 90.0 cm³/mol. The van der Waals surface area contributed by atoms with E-state index >= 15 is 0 Å². The summed E-state index contributed by atoms with van der Waals surface area (Å²) in [7, 11) is -2.63. The molecule has 1 unspecified atom stereocenters. The zero-order valence-electron chi connectivity index (χ0n) is 15.0. The van der Waals surface area contributed by atoms with Gasteiger partial charge < -0.3 is 18.3 Å². The lowest BCUT2D eigenvalue weighted by Gasteiger charge is -2.44. The maximum atomic E-state index is 11.3. The summed E-state index contributed by atoms with van der Waals surface area (Å²) in [6.45, 7) is 11.0. The third kappa shape index (κ3) is 3.96. The highest BCUT2D eigenvalue weighted by Crippen LogP contribution is 2.40. The number of carbonyl (C=O) groups is 2. The van der Waals surface area contributed by atoms with Crippen LogP contribution in [0.5, 0.6) is 5.75 Å². The third-order valence-electron chi connectivity index (χ3n) is 4.07. The lowest BCUT2D eigenvalue weighted by Crippen LogP contribution is -2.50. The van der Waals surface area contributed by atoms with Gasteiger partial charge in [-0.15, -0.1) is 0 Å². The minimum absolute atomic E-state index is 0.198. The molecule has 0 saturated carbocycles. The molecule has 0 fully saturated rings. The van der Waals surface area contributed by atoms with Crippen LogP contribution in [-0.2, 0) is 29.8 Å². The molecule has 1 atom stereocenters. The third-order valence-corrected chi connectivity index (χ3v) is 6.07. The number of fused-ring (bicyclic) bond motifs is 1. The number of hydrogen-bond acceptors (Lipinski definition) is 6. The van der Waals surface area contributed by atoms with E-state index in [-0.39, 0.29) is 5.41 Å². The fraction of sp³-hybridized carbons (Fsp3) is 0.529. The first-order valence-corrected chi connectivity index (χ1v) is 9.34. The Kier molecular flexibility index (Phi) is 5.05. The largest absolute Gasteiger partial charge is 0.484 e. The van der Waals surface area contributed by atoms with Gasteiger partial charge in [0.1, 0.15) is 5.75 Å². The molecule has 1 aromatic rings. The van der Waals surface area contributed by atoms with Crippen molar-refractivity contribution < 1.29 is 27.9 Å². The van der Waals surface area contributed by atoms with Gasteiger partial charge in [-0.05, 0) is 12.1 Å². The summed E-state index contributed by atoms with van der Waals surface area (Å²) >= 11 is 0. The first-order valence-electron chi connectivity index (χ1n) is 7.82. The van der Waals surface area contributed by atoms with E-state index < -0.39 is 27.0 Å². The Balaban J connectivity index is 2.29. The molecule has 1 heterocycles. The Hall–Kier alpha value is -1.86. The summed E-state index contributed by atoms with van der Waals surface area (Å²) in [5.41, 5.74) is 0.641. The van der Waals surface area contributed by atoms with E-state index in [1.54, 1.807) is 6.07 Å². The molecule has 1 aliphatic heterocycles. The fourth-order valence-electron chi connectivity index (χ4n) is 2.24. The summed E-state index contributed by atoms with van der Waals surface area (Å²) < 4.78 is 22.4. The van der Waals surface area contributed by atoms with Crippen molar-refractivity contribution in [3.05, 3.63) is 23.8 Å². The maximum Gasteiger partial charge on any atom is 0.483 e. The van der Waals surface area contributed by atoms with Crippen LogP contribution >= 0.6 is 0 Å². The highest BCUT2D eigenvalue weighted by atomic mass is 28.3. The Morgan fingerprint density at radius 1 is 1.17 bits per heavy atom. The minimum atomic E-state index is -2.63. The molecule has 24 heavy (non-hydrogen) atoms. The maximum absolute atomic E-state index is 11.3. The zero-order valence-corrected chi connectivity index (χ0v) is 16.1. The van der Waals surface area contributed by atoms with Crippen molar-refractivity contribution in [1.82, 2.24) is 0 Å². The van der Waals surface area contributed by atoms with Gasteiger partial charge >= 0.3 is 9.28 Å². The average Bonchev–Trinajstić information content (AvgIpc) is 2.44.